The minimum atomic E-state index is -4.33. The molecular formula is C12H14F3NO2. The summed E-state index contributed by atoms with van der Waals surface area (Å²) in [4.78, 5) is 4.49. The fourth-order valence-electron chi connectivity index (χ4n) is 2.15. The summed E-state index contributed by atoms with van der Waals surface area (Å²) in [5.41, 5.74) is 4.30. The molecule has 0 heterocycles. The number of benzene rings is 1. The molecule has 2 rings (SSSR count). The van der Waals surface area contributed by atoms with E-state index < -0.39 is 12.8 Å². The predicted molar refractivity (Wildman–Crippen MR) is 58.9 cm³/mol. The molecule has 1 aliphatic carbocycles. The Kier molecular flexibility index (Phi) is 3.77. The smallest absolute Gasteiger partial charge is 0.413 e. The zero-order valence-corrected chi connectivity index (χ0v) is 9.63. The second-order valence-electron chi connectivity index (χ2n) is 4.35. The van der Waals surface area contributed by atoms with Gasteiger partial charge < -0.3 is 5.11 Å². The quantitative estimate of drug-likeness (QED) is 0.822. The van der Waals surface area contributed by atoms with Gasteiger partial charge >= 0.3 is 6.18 Å². The highest BCUT2D eigenvalue weighted by molar-refractivity contribution is 5.38. The van der Waals surface area contributed by atoms with Crippen LogP contribution >= 0.6 is 0 Å². The Morgan fingerprint density at radius 2 is 2.17 bits per heavy atom. The molecule has 18 heavy (non-hydrogen) atoms. The van der Waals surface area contributed by atoms with Crippen molar-refractivity contribution < 1.29 is 23.1 Å². The lowest BCUT2D eigenvalue weighted by molar-refractivity contribution is -0.193. The summed E-state index contributed by atoms with van der Waals surface area (Å²) in [7, 11) is 0. The molecule has 0 radical (unpaired) electrons. The minimum Gasteiger partial charge on any atom is -0.508 e. The third-order valence-corrected chi connectivity index (χ3v) is 2.90. The number of phenols is 1. The summed E-state index contributed by atoms with van der Waals surface area (Å²) in [6.45, 7) is -1.31. The monoisotopic (exact) mass is 261 g/mol. The van der Waals surface area contributed by atoms with Gasteiger partial charge in [-0.25, -0.2) is 0 Å². The highest BCUT2D eigenvalue weighted by Crippen LogP contribution is 2.32. The SMILES string of the molecule is Oc1ccc2c(c1)CCCC2NOCC(F)(F)F. The van der Waals surface area contributed by atoms with E-state index in [4.69, 9.17) is 0 Å². The van der Waals surface area contributed by atoms with Gasteiger partial charge in [-0.15, -0.1) is 0 Å². The van der Waals surface area contributed by atoms with Gasteiger partial charge in [-0.05, 0) is 42.5 Å². The Bertz CT molecular complexity index is 420. The second kappa shape index (κ2) is 5.16. The molecule has 1 atom stereocenters. The van der Waals surface area contributed by atoms with E-state index in [9.17, 15) is 18.3 Å². The number of nitrogens with one attached hydrogen (secondary N) is 1. The van der Waals surface area contributed by atoms with Crippen molar-refractivity contribution in [1.82, 2.24) is 5.48 Å². The lowest BCUT2D eigenvalue weighted by atomic mass is 9.88. The van der Waals surface area contributed by atoms with Gasteiger partial charge in [0.2, 0.25) is 0 Å². The van der Waals surface area contributed by atoms with Crippen LogP contribution in [-0.4, -0.2) is 17.9 Å². The number of fused-ring (bicyclic) bond motifs is 1. The van der Waals surface area contributed by atoms with Crippen molar-refractivity contribution in [3.8, 4) is 5.75 Å². The lowest BCUT2D eigenvalue weighted by Crippen LogP contribution is -2.30. The normalized spacial score (nSPS) is 19.6. The van der Waals surface area contributed by atoms with Gasteiger partial charge in [0.25, 0.3) is 0 Å². The average molecular weight is 261 g/mol. The number of aromatic hydroxyl groups is 1. The third kappa shape index (κ3) is 3.36. The maximum absolute atomic E-state index is 12.0. The van der Waals surface area contributed by atoms with E-state index >= 15 is 0 Å². The fraction of sp³-hybridized carbons (Fsp3) is 0.500. The second-order valence-corrected chi connectivity index (χ2v) is 4.35. The van der Waals surface area contributed by atoms with E-state index in [1.807, 2.05) is 0 Å². The molecule has 0 saturated heterocycles. The first-order valence-electron chi connectivity index (χ1n) is 5.71. The molecule has 0 saturated carbocycles. The van der Waals surface area contributed by atoms with Crippen LogP contribution in [0.15, 0.2) is 18.2 Å². The molecule has 0 spiro atoms. The van der Waals surface area contributed by atoms with E-state index in [1.165, 1.54) is 6.07 Å². The largest absolute Gasteiger partial charge is 0.508 e. The number of aryl methyl sites for hydroxylation is 1. The van der Waals surface area contributed by atoms with Crippen LogP contribution in [-0.2, 0) is 11.3 Å². The summed E-state index contributed by atoms with van der Waals surface area (Å²) < 4.78 is 35.9. The molecule has 0 fully saturated rings. The molecular weight excluding hydrogens is 247 g/mol. The van der Waals surface area contributed by atoms with Gasteiger partial charge in [0, 0.05) is 0 Å². The Balaban J connectivity index is 2.00. The van der Waals surface area contributed by atoms with Crippen molar-refractivity contribution in [2.45, 2.75) is 31.5 Å². The van der Waals surface area contributed by atoms with E-state index in [1.54, 1.807) is 12.1 Å². The molecule has 6 heteroatoms. The molecule has 0 amide bonds. The first-order chi connectivity index (χ1) is 8.46. The maximum atomic E-state index is 12.0. The molecule has 0 bridgehead atoms. The zero-order valence-electron chi connectivity index (χ0n) is 9.63. The predicted octanol–water partition coefficient (Wildman–Crippen LogP) is 2.85. The van der Waals surface area contributed by atoms with Gasteiger partial charge in [-0.2, -0.15) is 18.7 Å². The number of halogens is 3. The van der Waals surface area contributed by atoms with Gasteiger partial charge in [0.15, 0.2) is 6.61 Å². The van der Waals surface area contributed by atoms with E-state index in [0.717, 1.165) is 30.4 Å². The van der Waals surface area contributed by atoms with E-state index in [0.29, 0.717) is 0 Å². The molecule has 1 aliphatic rings. The summed E-state index contributed by atoms with van der Waals surface area (Å²) in [6, 6.07) is 4.64. The molecule has 0 aliphatic heterocycles. The van der Waals surface area contributed by atoms with Crippen LogP contribution in [0.3, 0.4) is 0 Å². The third-order valence-electron chi connectivity index (χ3n) is 2.90. The van der Waals surface area contributed by atoms with E-state index in [2.05, 4.69) is 10.3 Å². The number of alkyl halides is 3. The Morgan fingerprint density at radius 1 is 1.39 bits per heavy atom. The molecule has 1 unspecified atom stereocenters. The minimum absolute atomic E-state index is 0.172. The fourth-order valence-corrected chi connectivity index (χ4v) is 2.15. The standard InChI is InChI=1S/C12H14F3NO2/c13-12(14,15)7-18-16-11-3-1-2-8-6-9(17)4-5-10(8)11/h4-6,11,16-17H,1-3,7H2. The van der Waals surface area contributed by atoms with Gasteiger partial charge in [-0.1, -0.05) is 6.07 Å². The Labute approximate surface area is 103 Å². The Morgan fingerprint density at radius 3 is 2.89 bits per heavy atom. The molecule has 1 aromatic carbocycles. The van der Waals surface area contributed by atoms with Crippen LogP contribution in [0.4, 0.5) is 13.2 Å². The van der Waals surface area contributed by atoms with Gasteiger partial charge in [0.05, 0.1) is 6.04 Å². The van der Waals surface area contributed by atoms with E-state index in [-0.39, 0.29) is 11.8 Å². The number of hydroxylamine groups is 1. The van der Waals surface area contributed by atoms with Gasteiger partial charge in [-0.3, -0.25) is 4.84 Å². The van der Waals surface area contributed by atoms with Crippen molar-refractivity contribution in [2.24, 2.45) is 0 Å². The van der Waals surface area contributed by atoms with Crippen LogP contribution in [0.25, 0.3) is 0 Å². The molecule has 2 N–H and O–H groups in total. The number of hydrogen-bond donors (Lipinski definition) is 2. The molecule has 3 nitrogen and oxygen atoms in total. The van der Waals surface area contributed by atoms with Crippen LogP contribution < -0.4 is 5.48 Å². The first kappa shape index (κ1) is 13.2. The highest BCUT2D eigenvalue weighted by Gasteiger charge is 2.29. The summed E-state index contributed by atoms with van der Waals surface area (Å²) in [6.07, 6.45) is -1.94. The van der Waals surface area contributed by atoms with Crippen molar-refractivity contribution in [2.75, 3.05) is 6.61 Å². The molecule has 100 valence electrons. The van der Waals surface area contributed by atoms with Crippen LogP contribution in [0, 0.1) is 0 Å². The lowest BCUT2D eigenvalue weighted by Gasteiger charge is -2.26. The average Bonchev–Trinajstić information content (AvgIpc) is 2.27. The van der Waals surface area contributed by atoms with Crippen LogP contribution in [0.5, 0.6) is 5.75 Å². The summed E-state index contributed by atoms with van der Waals surface area (Å²) in [5.74, 6) is 0.172. The van der Waals surface area contributed by atoms with Crippen LogP contribution in [0.1, 0.15) is 30.0 Å². The summed E-state index contributed by atoms with van der Waals surface area (Å²) in [5, 5.41) is 9.36. The molecule has 0 aromatic heterocycles. The number of hydrogen-bond acceptors (Lipinski definition) is 3. The first-order valence-corrected chi connectivity index (χ1v) is 5.71. The van der Waals surface area contributed by atoms with Crippen molar-refractivity contribution in [1.29, 1.82) is 0 Å². The molecule has 1 aromatic rings. The van der Waals surface area contributed by atoms with Crippen LogP contribution in [0.2, 0.25) is 0 Å². The van der Waals surface area contributed by atoms with Crippen molar-refractivity contribution >= 4 is 0 Å². The van der Waals surface area contributed by atoms with Gasteiger partial charge in [0.1, 0.15) is 5.75 Å². The number of phenolic OH excluding ortho intramolecular Hbond substituents is 1. The van der Waals surface area contributed by atoms with Crippen molar-refractivity contribution in [3.63, 3.8) is 0 Å². The maximum Gasteiger partial charge on any atom is 0.413 e. The zero-order chi connectivity index (χ0) is 13.2. The number of rotatable bonds is 3. The topological polar surface area (TPSA) is 41.5 Å². The summed E-state index contributed by atoms with van der Waals surface area (Å²) >= 11 is 0. The van der Waals surface area contributed by atoms with Crippen molar-refractivity contribution in [3.05, 3.63) is 29.3 Å². The Hall–Kier alpha value is -1.27. The highest BCUT2D eigenvalue weighted by atomic mass is 19.4.